The highest BCUT2D eigenvalue weighted by molar-refractivity contribution is 5.95. The molecule has 3 aromatic carbocycles. The van der Waals surface area contributed by atoms with Crippen molar-refractivity contribution in [2.45, 2.75) is 6.61 Å². The average Bonchev–Trinajstić information content (AvgIpc) is 2.98. The molecular weight excluding hydrogens is 542 g/mol. The van der Waals surface area contributed by atoms with Gasteiger partial charge in [0.05, 0.1) is 45.1 Å². The van der Waals surface area contributed by atoms with E-state index in [0.29, 0.717) is 16.9 Å². The van der Waals surface area contributed by atoms with Gasteiger partial charge < -0.3 is 20.2 Å². The van der Waals surface area contributed by atoms with Gasteiger partial charge in [-0.15, -0.1) is 5.01 Å². The van der Waals surface area contributed by atoms with Gasteiger partial charge in [-0.2, -0.15) is 0 Å². The van der Waals surface area contributed by atoms with Gasteiger partial charge in [-0.05, 0) is 35.9 Å². The molecule has 0 unspecified atom stereocenters. The molecule has 0 radical (unpaired) electrons. The zero-order valence-electron chi connectivity index (χ0n) is 21.4. The van der Waals surface area contributed by atoms with Crippen LogP contribution in [0.25, 0.3) is 0 Å². The monoisotopic (exact) mass is 566 g/mol. The molecule has 3 aromatic rings. The first-order chi connectivity index (χ1) is 19.6. The fourth-order valence-electron chi connectivity index (χ4n) is 4.01. The number of nitrogens with two attached hydrogens (primary N) is 1. The number of para-hydroxylation sites is 1. The van der Waals surface area contributed by atoms with E-state index in [2.05, 4.69) is 0 Å². The molecule has 0 aromatic heterocycles. The van der Waals surface area contributed by atoms with Crippen molar-refractivity contribution in [1.82, 2.24) is 15.5 Å². The minimum absolute atomic E-state index is 0.100. The minimum atomic E-state index is -0.870. The maximum atomic E-state index is 13.1. The van der Waals surface area contributed by atoms with Crippen LogP contribution in [0.4, 0.5) is 11.4 Å². The molecule has 16 heteroatoms. The number of primary amides is 1. The topological polar surface area (TPSA) is 203 Å². The van der Waals surface area contributed by atoms with E-state index in [1.807, 2.05) is 5.59 Å². The van der Waals surface area contributed by atoms with Crippen molar-refractivity contribution in [3.05, 3.63) is 109 Å². The maximum Gasteiger partial charge on any atom is 0.321 e. The van der Waals surface area contributed by atoms with Crippen LogP contribution in [0, 0.1) is 25.1 Å². The van der Waals surface area contributed by atoms with E-state index in [0.717, 1.165) is 18.2 Å². The summed E-state index contributed by atoms with van der Waals surface area (Å²) in [7, 11) is 0. The number of nitroso groups, excluding NO2 is 1. The summed E-state index contributed by atoms with van der Waals surface area (Å²) in [4.78, 5) is 64.4. The molecule has 0 saturated carbocycles. The number of benzene rings is 3. The van der Waals surface area contributed by atoms with Crippen LogP contribution < -0.4 is 20.9 Å². The van der Waals surface area contributed by atoms with Crippen LogP contribution >= 0.6 is 0 Å². The van der Waals surface area contributed by atoms with E-state index >= 15 is 0 Å². The Morgan fingerprint density at radius 3 is 2.29 bits per heavy atom. The van der Waals surface area contributed by atoms with Crippen molar-refractivity contribution in [3.63, 3.8) is 0 Å². The van der Waals surface area contributed by atoms with Gasteiger partial charge in [0.25, 0.3) is 22.5 Å². The van der Waals surface area contributed by atoms with Gasteiger partial charge in [0.2, 0.25) is 5.75 Å². The number of rotatable bonds is 11. The molecule has 212 valence electrons. The Morgan fingerprint density at radius 1 is 0.878 bits per heavy atom. The van der Waals surface area contributed by atoms with Crippen molar-refractivity contribution < 1.29 is 34.0 Å². The number of hydrogen-bond acceptors (Lipinski definition) is 9. The summed E-state index contributed by atoms with van der Waals surface area (Å²) in [5, 5.41) is 23.4. The number of nitro benzene ring substituents is 2. The molecule has 1 aliphatic heterocycles. The van der Waals surface area contributed by atoms with E-state index in [4.69, 9.17) is 15.3 Å². The molecule has 0 atom stereocenters. The van der Waals surface area contributed by atoms with E-state index < -0.39 is 32.9 Å². The quantitative estimate of drug-likeness (QED) is 0.195. The number of nitrogens with zero attached hydrogens (tertiary/aromatic N) is 5. The van der Waals surface area contributed by atoms with Crippen LogP contribution in [-0.4, -0.2) is 62.7 Å². The average molecular weight is 567 g/mol. The summed E-state index contributed by atoms with van der Waals surface area (Å²) < 4.78 is 5.74. The number of amides is 2. The van der Waals surface area contributed by atoms with E-state index in [9.17, 15) is 34.7 Å². The first kappa shape index (κ1) is 28.2. The van der Waals surface area contributed by atoms with Gasteiger partial charge in [0.1, 0.15) is 12.4 Å². The second-order valence-electron chi connectivity index (χ2n) is 8.73. The van der Waals surface area contributed by atoms with Crippen molar-refractivity contribution >= 4 is 23.2 Å². The van der Waals surface area contributed by atoms with Gasteiger partial charge in [-0.25, -0.2) is 0 Å². The molecule has 1 aliphatic rings. The number of carbonyl (C=O) groups excluding carboxylic acids is 2. The standard InChI is InChI=1S/C25H23N7O9/c26-24(33)20-6-1-2-7-22(20)40-16-17-4-3-5-18(14-17)25(34)28-10-12-29(13-11-28)32(39)27-41-23-9-8-19(30(35)36)15-21(23)31(37)38/h1-9,14-15H,10-13,16H2,(H2-,26,27,33,39)/p+1. The smallest absolute Gasteiger partial charge is 0.321 e. The molecule has 4 rings (SSSR count). The SMILES string of the molecule is NC(=O)c1ccccc1OCc1cccc(C(=O)N2CCN([N+](=O)NOc3ccc([N+](=O)[O-])cc3[N+](=O)[O-])CC2)c1. The summed E-state index contributed by atoms with van der Waals surface area (Å²) in [6.07, 6.45) is 0. The number of nitrogens with one attached hydrogen (secondary N) is 1. The number of piperazine rings is 1. The number of nitro groups is 2. The highest BCUT2D eigenvalue weighted by Crippen LogP contribution is 2.30. The van der Waals surface area contributed by atoms with Crippen LogP contribution in [0.5, 0.6) is 11.5 Å². The Morgan fingerprint density at radius 2 is 1.61 bits per heavy atom. The fourth-order valence-corrected chi connectivity index (χ4v) is 4.01. The Balaban J connectivity index is 1.31. The lowest BCUT2D eigenvalue weighted by atomic mass is 10.1. The Labute approximate surface area is 231 Å². The molecule has 0 spiro atoms. The summed E-state index contributed by atoms with van der Waals surface area (Å²) in [6.45, 7) is 0.748. The Kier molecular flexibility index (Phi) is 8.51. The van der Waals surface area contributed by atoms with Gasteiger partial charge >= 0.3 is 5.69 Å². The third-order valence-electron chi connectivity index (χ3n) is 6.10. The number of non-ortho nitro benzene ring substituents is 1. The molecule has 1 fully saturated rings. The normalized spacial score (nSPS) is 12.8. The minimum Gasteiger partial charge on any atom is -0.488 e. The lowest BCUT2D eigenvalue weighted by Gasteiger charge is -2.29. The zero-order chi connectivity index (χ0) is 29.5. The van der Waals surface area contributed by atoms with Gasteiger partial charge in [0, 0.05) is 24.7 Å². The molecule has 3 N–H and O–H groups in total. The third-order valence-corrected chi connectivity index (χ3v) is 6.10. The van der Waals surface area contributed by atoms with Crippen LogP contribution in [0.3, 0.4) is 0 Å². The van der Waals surface area contributed by atoms with Crippen molar-refractivity contribution in [2.24, 2.45) is 5.73 Å². The summed E-state index contributed by atoms with van der Waals surface area (Å²) in [6, 6.07) is 16.1. The first-order valence-corrected chi connectivity index (χ1v) is 12.1. The third kappa shape index (κ3) is 6.80. The fraction of sp³-hybridized carbons (Fsp3) is 0.200. The largest absolute Gasteiger partial charge is 0.488 e. The number of ether oxygens (including phenoxy) is 1. The van der Waals surface area contributed by atoms with E-state index in [-0.39, 0.29) is 49.2 Å². The molecule has 0 bridgehead atoms. The van der Waals surface area contributed by atoms with Crippen LogP contribution in [-0.2, 0) is 6.61 Å². The molecule has 1 saturated heterocycles. The molecular formula is C25H24N7O9+. The first-order valence-electron chi connectivity index (χ1n) is 12.1. The van der Waals surface area contributed by atoms with Crippen LogP contribution in [0.2, 0.25) is 0 Å². The van der Waals surface area contributed by atoms with Crippen molar-refractivity contribution in [3.8, 4) is 11.5 Å². The predicted molar refractivity (Wildman–Crippen MR) is 140 cm³/mol. The maximum absolute atomic E-state index is 13.1. The van der Waals surface area contributed by atoms with Crippen molar-refractivity contribution in [2.75, 3.05) is 26.2 Å². The Hall–Kier alpha value is -5.80. The predicted octanol–water partition coefficient (Wildman–Crippen LogP) is 2.13. The number of hydrazine groups is 2. The lowest BCUT2D eigenvalue weighted by Crippen LogP contribution is -2.54. The Bertz CT molecular complexity index is 1510. The summed E-state index contributed by atoms with van der Waals surface area (Å²) in [5.41, 5.74) is 7.55. The summed E-state index contributed by atoms with van der Waals surface area (Å²) in [5.74, 6) is -0.935. The van der Waals surface area contributed by atoms with Crippen LogP contribution in [0.15, 0.2) is 66.7 Å². The summed E-state index contributed by atoms with van der Waals surface area (Å²) >= 11 is 0. The molecule has 0 aliphatic carbocycles. The lowest BCUT2D eigenvalue weighted by molar-refractivity contribution is -0.782. The number of hydrogen-bond donors (Lipinski definition) is 2. The highest BCUT2D eigenvalue weighted by atomic mass is 16.7. The van der Waals surface area contributed by atoms with Crippen LogP contribution in [0.1, 0.15) is 26.3 Å². The van der Waals surface area contributed by atoms with Crippen molar-refractivity contribution in [1.29, 1.82) is 0 Å². The van der Waals surface area contributed by atoms with Gasteiger partial charge in [-0.3, -0.25) is 29.8 Å². The van der Waals surface area contributed by atoms with E-state index in [1.165, 1.54) is 5.01 Å². The second-order valence-corrected chi connectivity index (χ2v) is 8.73. The molecule has 41 heavy (non-hydrogen) atoms. The van der Waals surface area contributed by atoms with E-state index in [1.54, 1.807) is 53.4 Å². The highest BCUT2D eigenvalue weighted by Gasteiger charge is 2.31. The molecule has 2 amide bonds. The van der Waals surface area contributed by atoms with Gasteiger partial charge in [-0.1, -0.05) is 24.3 Å². The zero-order valence-corrected chi connectivity index (χ0v) is 21.4. The van der Waals surface area contributed by atoms with Gasteiger partial charge in [0.15, 0.2) is 0 Å². The molecule has 16 nitrogen and oxygen atoms in total. The second kappa shape index (κ2) is 12.4. The molecule has 1 heterocycles. The number of carbonyl (C=O) groups is 2.